The molecule has 0 saturated heterocycles. The van der Waals surface area contributed by atoms with Gasteiger partial charge < -0.3 is 21.4 Å². The molecule has 0 aliphatic heterocycles. The van der Waals surface area contributed by atoms with Crippen LogP contribution in [0.25, 0.3) is 10.9 Å². The van der Waals surface area contributed by atoms with Crippen LogP contribution in [0.5, 0.6) is 0 Å². The molecule has 0 unspecified atom stereocenters. The smallest absolute Gasteiger partial charge is 0.237 e. The van der Waals surface area contributed by atoms with Crippen LogP contribution in [0.3, 0.4) is 0 Å². The number of aromatic nitrogens is 3. The van der Waals surface area contributed by atoms with Gasteiger partial charge in [0.25, 0.3) is 0 Å². The van der Waals surface area contributed by atoms with Crippen LogP contribution in [0.1, 0.15) is 49.1 Å². The van der Waals surface area contributed by atoms with Crippen molar-refractivity contribution < 1.29 is 4.79 Å². The van der Waals surface area contributed by atoms with Gasteiger partial charge in [0.05, 0.1) is 17.9 Å². The van der Waals surface area contributed by atoms with Gasteiger partial charge in [0.15, 0.2) is 0 Å². The average Bonchev–Trinajstić information content (AvgIpc) is 3.30. The molecule has 0 fully saturated rings. The van der Waals surface area contributed by atoms with Crippen molar-refractivity contribution in [3.8, 4) is 0 Å². The Labute approximate surface area is 183 Å². The normalized spacial score (nSPS) is 14.2. The van der Waals surface area contributed by atoms with Crippen LogP contribution in [0.2, 0.25) is 0 Å². The molecule has 3 aromatic rings. The largest absolute Gasteiger partial charge is 0.384 e. The minimum Gasteiger partial charge on any atom is -0.384 e. The van der Waals surface area contributed by atoms with E-state index >= 15 is 0 Å². The Kier molecular flexibility index (Phi) is 7.14. The number of hydrogen-bond donors (Lipinski definition) is 4. The molecule has 1 atom stereocenters. The number of nitrogens with one attached hydrogen (secondary N) is 3. The quantitative estimate of drug-likeness (QED) is 0.377. The maximum atomic E-state index is 12.1. The number of rotatable bonds is 10. The van der Waals surface area contributed by atoms with Crippen LogP contribution >= 0.6 is 0 Å². The number of unbranched alkanes of at least 4 members (excludes halogenated alkanes) is 2. The molecule has 2 aromatic heterocycles. The summed E-state index contributed by atoms with van der Waals surface area (Å²) in [6.45, 7) is 1.58. The van der Waals surface area contributed by atoms with Crippen molar-refractivity contribution in [3.05, 3.63) is 53.7 Å². The Morgan fingerprint density at radius 2 is 1.97 bits per heavy atom. The molecule has 1 aromatic carbocycles. The van der Waals surface area contributed by atoms with Gasteiger partial charge in [-0.3, -0.25) is 9.78 Å². The van der Waals surface area contributed by atoms with Gasteiger partial charge in [0, 0.05) is 48.2 Å². The molecule has 1 aliphatic rings. The molecular formula is C24H32N6O. The molecule has 0 bridgehead atoms. The molecule has 2 heterocycles. The van der Waals surface area contributed by atoms with Crippen LogP contribution < -0.4 is 16.4 Å². The van der Waals surface area contributed by atoms with E-state index in [9.17, 15) is 4.79 Å². The van der Waals surface area contributed by atoms with E-state index in [0.29, 0.717) is 13.0 Å². The third-order valence-corrected chi connectivity index (χ3v) is 5.96. The molecule has 5 N–H and O–H groups in total. The monoisotopic (exact) mass is 420 g/mol. The van der Waals surface area contributed by atoms with Crippen LogP contribution in [-0.2, 0) is 24.1 Å². The van der Waals surface area contributed by atoms with Gasteiger partial charge in [-0.05, 0) is 56.6 Å². The highest BCUT2D eigenvalue weighted by Crippen LogP contribution is 2.33. The zero-order valence-corrected chi connectivity index (χ0v) is 18.0. The Bertz CT molecular complexity index is 1000. The highest BCUT2D eigenvalue weighted by atomic mass is 16.2. The first kappa shape index (κ1) is 21.3. The third-order valence-electron chi connectivity index (χ3n) is 5.96. The number of benzene rings is 1. The predicted octanol–water partition coefficient (Wildman–Crippen LogP) is 3.11. The summed E-state index contributed by atoms with van der Waals surface area (Å²) in [4.78, 5) is 23.9. The number of nitrogens with zero attached hydrogens (tertiary/aromatic N) is 2. The van der Waals surface area contributed by atoms with Gasteiger partial charge in [-0.25, -0.2) is 4.98 Å². The molecule has 1 aliphatic carbocycles. The number of nitrogens with two attached hydrogens (primary N) is 1. The van der Waals surface area contributed by atoms with Gasteiger partial charge in [0.2, 0.25) is 5.91 Å². The highest BCUT2D eigenvalue weighted by Gasteiger charge is 2.18. The SMILES string of the molecule is N[C@@H](Cc1cnc[nH]1)C(=O)NCCCCCNc1c2c(nc3ccccc13)CCCC2. The fraction of sp³-hybridized carbons (Fsp3) is 0.458. The highest BCUT2D eigenvalue weighted by molar-refractivity contribution is 5.93. The van der Waals surface area contributed by atoms with Gasteiger partial charge >= 0.3 is 0 Å². The molecular weight excluding hydrogens is 388 g/mol. The summed E-state index contributed by atoms with van der Waals surface area (Å²) in [6.07, 6.45) is 11.5. The van der Waals surface area contributed by atoms with Gasteiger partial charge in [0.1, 0.15) is 0 Å². The lowest BCUT2D eigenvalue weighted by Gasteiger charge is -2.21. The van der Waals surface area contributed by atoms with Crippen LogP contribution in [0, 0.1) is 0 Å². The Morgan fingerprint density at radius 3 is 2.84 bits per heavy atom. The number of fused-ring (bicyclic) bond motifs is 2. The summed E-state index contributed by atoms with van der Waals surface area (Å²) >= 11 is 0. The standard InChI is InChI=1S/C24H32N6O/c25-20(14-17-15-26-16-29-17)24(31)28-13-7-1-6-12-27-23-18-8-2-4-10-21(18)30-22-11-5-3-9-19(22)23/h2,4,8,10,15-16,20H,1,3,5-7,9,11-14,25H2,(H,26,29)(H,27,30)(H,28,31)/t20-/m0/s1. The first-order valence-electron chi connectivity index (χ1n) is 11.4. The minimum atomic E-state index is -0.548. The molecule has 4 rings (SSSR count). The van der Waals surface area contributed by atoms with Crippen molar-refractivity contribution in [3.63, 3.8) is 0 Å². The summed E-state index contributed by atoms with van der Waals surface area (Å²) in [5.41, 5.74) is 11.9. The number of H-pyrrole nitrogens is 1. The van der Waals surface area contributed by atoms with E-state index in [-0.39, 0.29) is 5.91 Å². The van der Waals surface area contributed by atoms with Gasteiger partial charge in [-0.15, -0.1) is 0 Å². The zero-order valence-electron chi connectivity index (χ0n) is 18.0. The van der Waals surface area contributed by atoms with Crippen molar-refractivity contribution in [2.24, 2.45) is 5.73 Å². The minimum absolute atomic E-state index is 0.109. The number of aromatic amines is 1. The van der Waals surface area contributed by atoms with Gasteiger partial charge in [-0.2, -0.15) is 0 Å². The van der Waals surface area contributed by atoms with E-state index in [4.69, 9.17) is 10.7 Å². The molecule has 0 spiro atoms. The maximum absolute atomic E-state index is 12.1. The van der Waals surface area contributed by atoms with E-state index in [1.54, 1.807) is 12.5 Å². The first-order chi connectivity index (χ1) is 15.2. The van der Waals surface area contributed by atoms with E-state index in [0.717, 1.165) is 49.9 Å². The third kappa shape index (κ3) is 5.41. The molecule has 164 valence electrons. The number of aryl methyl sites for hydroxylation is 1. The number of amides is 1. The molecule has 0 radical (unpaired) electrons. The number of anilines is 1. The molecule has 1 amide bonds. The fourth-order valence-corrected chi connectivity index (χ4v) is 4.28. The number of imidazole rings is 1. The summed E-state index contributed by atoms with van der Waals surface area (Å²) in [7, 11) is 0. The van der Waals surface area contributed by atoms with Crippen molar-refractivity contribution in [2.45, 2.75) is 57.4 Å². The zero-order chi connectivity index (χ0) is 21.5. The lowest BCUT2D eigenvalue weighted by atomic mass is 9.92. The lowest BCUT2D eigenvalue weighted by Crippen LogP contribution is -2.42. The molecule has 7 heteroatoms. The van der Waals surface area contributed by atoms with Crippen LogP contribution in [-0.4, -0.2) is 40.0 Å². The van der Waals surface area contributed by atoms with E-state index < -0.39 is 6.04 Å². The second kappa shape index (κ2) is 10.4. The predicted molar refractivity (Wildman–Crippen MR) is 124 cm³/mol. The summed E-state index contributed by atoms with van der Waals surface area (Å²) in [5.74, 6) is -0.109. The Balaban J connectivity index is 1.21. The average molecular weight is 421 g/mol. The summed E-state index contributed by atoms with van der Waals surface area (Å²) < 4.78 is 0. The number of carbonyl (C=O) groups excluding carboxylic acids is 1. The van der Waals surface area contributed by atoms with Crippen molar-refractivity contribution in [2.75, 3.05) is 18.4 Å². The van der Waals surface area contributed by atoms with Crippen LogP contribution in [0.4, 0.5) is 5.69 Å². The number of hydrogen-bond acceptors (Lipinski definition) is 5. The topological polar surface area (TPSA) is 109 Å². The second-order valence-electron chi connectivity index (χ2n) is 8.30. The summed E-state index contributed by atoms with van der Waals surface area (Å²) in [6, 6.07) is 7.87. The first-order valence-corrected chi connectivity index (χ1v) is 11.4. The lowest BCUT2D eigenvalue weighted by molar-refractivity contribution is -0.122. The summed E-state index contributed by atoms with van der Waals surface area (Å²) in [5, 5.41) is 7.87. The Morgan fingerprint density at radius 1 is 1.13 bits per heavy atom. The van der Waals surface area contributed by atoms with Gasteiger partial charge in [-0.1, -0.05) is 18.2 Å². The molecule has 0 saturated carbocycles. The second-order valence-corrected chi connectivity index (χ2v) is 8.30. The van der Waals surface area contributed by atoms with Crippen molar-refractivity contribution in [1.82, 2.24) is 20.3 Å². The maximum Gasteiger partial charge on any atom is 0.237 e. The number of carbonyl (C=O) groups is 1. The van der Waals surface area contributed by atoms with E-state index in [1.165, 1.54) is 35.2 Å². The Hall–Kier alpha value is -2.93. The van der Waals surface area contributed by atoms with Crippen molar-refractivity contribution >= 4 is 22.5 Å². The molecule has 31 heavy (non-hydrogen) atoms. The van der Waals surface area contributed by atoms with Crippen molar-refractivity contribution in [1.29, 1.82) is 0 Å². The number of para-hydroxylation sites is 1. The van der Waals surface area contributed by atoms with E-state index in [2.05, 4.69) is 44.9 Å². The van der Waals surface area contributed by atoms with E-state index in [1.807, 2.05) is 0 Å². The molecule has 7 nitrogen and oxygen atoms in total. The fourth-order valence-electron chi connectivity index (χ4n) is 4.28. The number of pyridine rings is 1. The van der Waals surface area contributed by atoms with Crippen LogP contribution in [0.15, 0.2) is 36.8 Å².